The van der Waals surface area contributed by atoms with Gasteiger partial charge in [-0.1, -0.05) is 42.5 Å². The molecule has 84 valence electrons. The van der Waals surface area contributed by atoms with E-state index < -0.39 is 6.48 Å². The Bertz CT molecular complexity index is 370. The first-order valence-electron chi connectivity index (χ1n) is 5.23. The number of hydrogen-bond acceptors (Lipinski definition) is 3. The van der Waals surface area contributed by atoms with Crippen molar-refractivity contribution in [2.24, 2.45) is 0 Å². The molecule has 0 spiro atoms. The van der Waals surface area contributed by atoms with Crippen LogP contribution in [-0.2, 0) is 4.74 Å². The summed E-state index contributed by atoms with van der Waals surface area (Å²) in [7, 11) is 0. The molecule has 0 saturated heterocycles. The van der Waals surface area contributed by atoms with Crippen LogP contribution in [0.15, 0.2) is 54.6 Å². The summed E-state index contributed by atoms with van der Waals surface area (Å²) in [5.41, 5.74) is 0. The van der Waals surface area contributed by atoms with E-state index in [1.807, 2.05) is 42.5 Å². The number of para-hydroxylation sites is 1. The fourth-order valence-corrected chi connectivity index (χ4v) is 1.45. The van der Waals surface area contributed by atoms with Gasteiger partial charge in [-0.25, -0.2) is 0 Å². The first-order chi connectivity index (χ1) is 7.84. The standard InChI is InChI=1S/C13H14O3/c14-13(15-11-7-3-1-4-8-11)16-12-9-5-2-6-10-12/h1-9,12-14H,10H2. The fraction of sp³-hybridized carbons (Fsp3) is 0.231. The van der Waals surface area contributed by atoms with Crippen LogP contribution in [0, 0.1) is 0 Å². The minimum Gasteiger partial charge on any atom is -0.441 e. The van der Waals surface area contributed by atoms with Crippen LogP contribution in [0.25, 0.3) is 0 Å². The van der Waals surface area contributed by atoms with Gasteiger partial charge < -0.3 is 14.6 Å². The molecule has 3 heteroatoms. The Kier molecular flexibility index (Phi) is 3.75. The average Bonchev–Trinajstić information content (AvgIpc) is 2.31. The van der Waals surface area contributed by atoms with Crippen molar-refractivity contribution in [3.63, 3.8) is 0 Å². The lowest BCUT2D eigenvalue weighted by Gasteiger charge is -2.19. The molecule has 0 aliphatic heterocycles. The Hall–Kier alpha value is -1.58. The zero-order valence-electron chi connectivity index (χ0n) is 8.82. The molecule has 3 nitrogen and oxygen atoms in total. The quantitative estimate of drug-likeness (QED) is 0.788. The number of benzene rings is 1. The van der Waals surface area contributed by atoms with Crippen LogP contribution in [0.3, 0.4) is 0 Å². The lowest BCUT2D eigenvalue weighted by atomic mass is 10.1. The van der Waals surface area contributed by atoms with Crippen LogP contribution in [-0.4, -0.2) is 17.7 Å². The molecule has 0 saturated carbocycles. The normalized spacial score (nSPS) is 20.7. The van der Waals surface area contributed by atoms with Gasteiger partial charge in [-0.3, -0.25) is 0 Å². The molecule has 1 aliphatic carbocycles. The van der Waals surface area contributed by atoms with Crippen LogP contribution in [0.5, 0.6) is 5.75 Å². The van der Waals surface area contributed by atoms with Crippen LogP contribution in [0.2, 0.25) is 0 Å². The molecule has 0 heterocycles. The Morgan fingerprint density at radius 2 is 2.00 bits per heavy atom. The highest BCUT2D eigenvalue weighted by Gasteiger charge is 2.13. The van der Waals surface area contributed by atoms with Gasteiger partial charge in [-0.2, -0.15) is 0 Å². The monoisotopic (exact) mass is 218 g/mol. The first-order valence-corrected chi connectivity index (χ1v) is 5.23. The summed E-state index contributed by atoms with van der Waals surface area (Å²) in [6.07, 6.45) is 8.35. The largest absolute Gasteiger partial charge is 0.441 e. The van der Waals surface area contributed by atoms with Gasteiger partial charge in [0, 0.05) is 0 Å². The lowest BCUT2D eigenvalue weighted by molar-refractivity contribution is -0.230. The number of aliphatic hydroxyl groups is 1. The molecule has 0 aromatic heterocycles. The summed E-state index contributed by atoms with van der Waals surface area (Å²) < 4.78 is 10.5. The van der Waals surface area contributed by atoms with Crippen LogP contribution >= 0.6 is 0 Å². The fourth-order valence-electron chi connectivity index (χ4n) is 1.45. The van der Waals surface area contributed by atoms with Crippen molar-refractivity contribution in [2.45, 2.75) is 19.0 Å². The van der Waals surface area contributed by atoms with E-state index in [0.717, 1.165) is 6.42 Å². The second kappa shape index (κ2) is 5.49. The van der Waals surface area contributed by atoms with Crippen molar-refractivity contribution in [1.29, 1.82) is 0 Å². The number of ether oxygens (including phenoxy) is 2. The van der Waals surface area contributed by atoms with E-state index in [1.54, 1.807) is 12.1 Å². The van der Waals surface area contributed by atoms with Gasteiger partial charge in [0.2, 0.25) is 0 Å². The van der Waals surface area contributed by atoms with E-state index in [2.05, 4.69) is 0 Å². The number of hydrogen-bond donors (Lipinski definition) is 1. The van der Waals surface area contributed by atoms with Crippen molar-refractivity contribution in [3.05, 3.63) is 54.6 Å². The van der Waals surface area contributed by atoms with E-state index in [9.17, 15) is 5.11 Å². The van der Waals surface area contributed by atoms with Crippen molar-refractivity contribution in [2.75, 3.05) is 0 Å². The summed E-state index contributed by atoms with van der Waals surface area (Å²) in [5, 5.41) is 9.55. The molecule has 0 radical (unpaired) electrons. The van der Waals surface area contributed by atoms with Crippen molar-refractivity contribution in [1.82, 2.24) is 0 Å². The molecule has 2 unspecified atom stereocenters. The summed E-state index contributed by atoms with van der Waals surface area (Å²) >= 11 is 0. The molecule has 2 rings (SSSR count). The number of allylic oxidation sites excluding steroid dienone is 2. The van der Waals surface area contributed by atoms with Gasteiger partial charge in [-0.15, -0.1) is 0 Å². The third-order valence-corrected chi connectivity index (χ3v) is 2.21. The molecule has 1 N–H and O–H groups in total. The Balaban J connectivity index is 1.82. The maximum Gasteiger partial charge on any atom is 0.313 e. The minimum atomic E-state index is -1.23. The summed E-state index contributed by atoms with van der Waals surface area (Å²) in [4.78, 5) is 0. The minimum absolute atomic E-state index is 0.122. The molecule has 2 atom stereocenters. The second-order valence-corrected chi connectivity index (χ2v) is 3.46. The van der Waals surface area contributed by atoms with Gasteiger partial charge >= 0.3 is 6.48 Å². The van der Waals surface area contributed by atoms with Crippen LogP contribution in [0.4, 0.5) is 0 Å². The molecule has 1 aromatic rings. The Morgan fingerprint density at radius 3 is 2.69 bits per heavy atom. The maximum absolute atomic E-state index is 9.55. The topological polar surface area (TPSA) is 38.7 Å². The molecule has 1 aromatic carbocycles. The molecule has 1 aliphatic rings. The molecular weight excluding hydrogens is 204 g/mol. The molecule has 0 bridgehead atoms. The van der Waals surface area contributed by atoms with Gasteiger partial charge in [-0.05, 0) is 18.6 Å². The third-order valence-electron chi connectivity index (χ3n) is 2.21. The Labute approximate surface area is 94.6 Å². The van der Waals surface area contributed by atoms with Gasteiger partial charge in [0.1, 0.15) is 5.75 Å². The lowest BCUT2D eigenvalue weighted by Crippen LogP contribution is -2.25. The van der Waals surface area contributed by atoms with E-state index in [4.69, 9.17) is 9.47 Å². The zero-order chi connectivity index (χ0) is 11.2. The SMILES string of the molecule is OC(Oc1ccccc1)OC1C=CC=CC1. The molecular formula is C13H14O3. The third kappa shape index (κ3) is 3.22. The van der Waals surface area contributed by atoms with Crippen LogP contribution in [0.1, 0.15) is 6.42 Å². The van der Waals surface area contributed by atoms with E-state index in [-0.39, 0.29) is 6.10 Å². The maximum atomic E-state index is 9.55. The first kappa shape index (κ1) is 10.9. The predicted octanol–water partition coefficient (Wildman–Crippen LogP) is 2.24. The smallest absolute Gasteiger partial charge is 0.313 e. The second-order valence-electron chi connectivity index (χ2n) is 3.46. The van der Waals surface area contributed by atoms with Gasteiger partial charge in [0.25, 0.3) is 0 Å². The highest BCUT2D eigenvalue weighted by molar-refractivity contribution is 5.20. The summed E-state index contributed by atoms with van der Waals surface area (Å²) in [6, 6.07) is 9.09. The number of rotatable bonds is 4. The van der Waals surface area contributed by atoms with Gasteiger partial charge in [0.05, 0.1) is 6.10 Å². The summed E-state index contributed by atoms with van der Waals surface area (Å²) in [5.74, 6) is 0.588. The van der Waals surface area contributed by atoms with Gasteiger partial charge in [0.15, 0.2) is 0 Å². The highest BCUT2D eigenvalue weighted by atomic mass is 16.8. The Morgan fingerprint density at radius 1 is 1.19 bits per heavy atom. The molecule has 16 heavy (non-hydrogen) atoms. The molecule has 0 amide bonds. The zero-order valence-corrected chi connectivity index (χ0v) is 8.82. The molecule has 0 fully saturated rings. The number of aliphatic hydroxyl groups excluding tert-OH is 1. The average molecular weight is 218 g/mol. The highest BCUT2D eigenvalue weighted by Crippen LogP contribution is 2.14. The van der Waals surface area contributed by atoms with E-state index in [0.29, 0.717) is 5.75 Å². The van der Waals surface area contributed by atoms with E-state index >= 15 is 0 Å². The summed E-state index contributed by atoms with van der Waals surface area (Å²) in [6.45, 7) is -1.23. The van der Waals surface area contributed by atoms with Crippen molar-refractivity contribution < 1.29 is 14.6 Å². The van der Waals surface area contributed by atoms with Crippen molar-refractivity contribution in [3.8, 4) is 5.75 Å². The van der Waals surface area contributed by atoms with Crippen molar-refractivity contribution >= 4 is 0 Å². The predicted molar refractivity (Wildman–Crippen MR) is 60.8 cm³/mol. The van der Waals surface area contributed by atoms with Crippen LogP contribution < -0.4 is 4.74 Å². The van der Waals surface area contributed by atoms with E-state index in [1.165, 1.54) is 0 Å².